The molecule has 0 aliphatic heterocycles. The summed E-state index contributed by atoms with van der Waals surface area (Å²) in [5.74, 6) is -0.131. The van der Waals surface area contributed by atoms with E-state index in [1.54, 1.807) is 0 Å². The van der Waals surface area contributed by atoms with Crippen molar-refractivity contribution in [1.29, 1.82) is 0 Å². The van der Waals surface area contributed by atoms with Gasteiger partial charge < -0.3 is 15.0 Å². The van der Waals surface area contributed by atoms with E-state index in [0.717, 1.165) is 42.0 Å². The van der Waals surface area contributed by atoms with E-state index in [9.17, 15) is 4.79 Å². The molecule has 0 saturated carbocycles. The van der Waals surface area contributed by atoms with Crippen molar-refractivity contribution in [3.63, 3.8) is 0 Å². The first-order valence-electron chi connectivity index (χ1n) is 9.32. The lowest BCUT2D eigenvalue weighted by atomic mass is 10.1. The van der Waals surface area contributed by atoms with Crippen molar-refractivity contribution in [2.24, 2.45) is 0 Å². The average Bonchev–Trinajstić information content (AvgIpc) is 2.65. The fourth-order valence-corrected chi connectivity index (χ4v) is 2.99. The van der Waals surface area contributed by atoms with Gasteiger partial charge in [0.05, 0.1) is 6.61 Å². The van der Waals surface area contributed by atoms with Crippen LogP contribution in [0.3, 0.4) is 0 Å². The number of hydrogen-bond acceptors (Lipinski definition) is 3. The lowest BCUT2D eigenvalue weighted by Gasteiger charge is -2.22. The number of carbonyl (C=O) groups is 1. The van der Waals surface area contributed by atoms with Gasteiger partial charge in [-0.1, -0.05) is 62.4 Å². The Bertz CT molecular complexity index is 676. The second-order valence-corrected chi connectivity index (χ2v) is 6.44. The molecule has 26 heavy (non-hydrogen) atoms. The van der Waals surface area contributed by atoms with Crippen LogP contribution in [-0.2, 0) is 9.53 Å². The molecule has 0 aliphatic rings. The molecule has 0 saturated heterocycles. The summed E-state index contributed by atoms with van der Waals surface area (Å²) >= 11 is 0. The molecule has 0 aromatic heterocycles. The number of rotatable bonds is 9. The Kier molecular flexibility index (Phi) is 7.82. The molecule has 0 fully saturated rings. The summed E-state index contributed by atoms with van der Waals surface area (Å²) in [5, 5.41) is 3.07. The molecule has 0 aliphatic carbocycles. The Morgan fingerprint density at radius 1 is 1.00 bits per heavy atom. The molecule has 0 spiro atoms. The highest BCUT2D eigenvalue weighted by atomic mass is 16.5. The molecule has 2 aromatic rings. The number of likely N-dealkylation sites (N-methyl/N-ethyl adjacent to an activating group) is 1. The first-order chi connectivity index (χ1) is 12.6. The predicted molar refractivity (Wildman–Crippen MR) is 107 cm³/mol. The van der Waals surface area contributed by atoms with E-state index < -0.39 is 6.10 Å². The highest BCUT2D eigenvalue weighted by Gasteiger charge is 2.22. The lowest BCUT2D eigenvalue weighted by molar-refractivity contribution is -0.128. The quantitative estimate of drug-likeness (QED) is 0.728. The van der Waals surface area contributed by atoms with Gasteiger partial charge >= 0.3 is 0 Å². The number of nitrogens with one attached hydrogen (secondary N) is 1. The van der Waals surface area contributed by atoms with Crippen molar-refractivity contribution in [1.82, 2.24) is 4.90 Å². The number of ether oxygens (including phenoxy) is 1. The zero-order valence-electron chi connectivity index (χ0n) is 16.3. The zero-order valence-corrected chi connectivity index (χ0v) is 16.3. The Morgan fingerprint density at radius 2 is 1.62 bits per heavy atom. The minimum absolute atomic E-state index is 0.131. The van der Waals surface area contributed by atoms with Gasteiger partial charge in [0.25, 0.3) is 5.91 Å². The molecule has 0 bridgehead atoms. The molecule has 4 nitrogen and oxygen atoms in total. The summed E-state index contributed by atoms with van der Waals surface area (Å²) in [7, 11) is 0. The molecule has 4 heteroatoms. The van der Waals surface area contributed by atoms with Crippen LogP contribution in [0.4, 0.5) is 5.69 Å². The number of para-hydroxylation sites is 1. The van der Waals surface area contributed by atoms with Gasteiger partial charge in [0.1, 0.15) is 0 Å². The first-order valence-corrected chi connectivity index (χ1v) is 9.32. The maximum atomic E-state index is 13.0. The van der Waals surface area contributed by atoms with E-state index in [2.05, 4.69) is 24.1 Å². The second-order valence-electron chi connectivity index (χ2n) is 6.44. The third-order valence-electron chi connectivity index (χ3n) is 4.66. The highest BCUT2D eigenvalue weighted by Crippen LogP contribution is 2.24. The van der Waals surface area contributed by atoms with Gasteiger partial charge in [-0.15, -0.1) is 0 Å². The van der Waals surface area contributed by atoms with Crippen molar-refractivity contribution in [2.75, 3.05) is 31.6 Å². The molecule has 1 N–H and O–H groups in total. The van der Waals surface area contributed by atoms with Crippen LogP contribution >= 0.6 is 0 Å². The molecule has 2 rings (SSSR count). The van der Waals surface area contributed by atoms with E-state index in [0.29, 0.717) is 6.61 Å². The normalized spacial score (nSPS) is 12.2. The topological polar surface area (TPSA) is 41.6 Å². The molecular formula is C22H30N2O2. The lowest BCUT2D eigenvalue weighted by Crippen LogP contribution is -2.30. The van der Waals surface area contributed by atoms with E-state index >= 15 is 0 Å². The van der Waals surface area contributed by atoms with Crippen LogP contribution in [0.25, 0.3) is 0 Å². The SMILES string of the molecule is CCN(CC)CCOC(C(=O)Nc1c(C)cccc1C)c1ccccc1. The minimum atomic E-state index is -0.620. The zero-order chi connectivity index (χ0) is 18.9. The number of anilines is 1. The van der Waals surface area contributed by atoms with Crippen molar-refractivity contribution >= 4 is 11.6 Å². The maximum absolute atomic E-state index is 13.0. The van der Waals surface area contributed by atoms with Crippen LogP contribution in [0.1, 0.15) is 36.6 Å². The molecule has 1 amide bonds. The van der Waals surface area contributed by atoms with Crippen molar-refractivity contribution in [2.45, 2.75) is 33.8 Å². The molecular weight excluding hydrogens is 324 g/mol. The van der Waals surface area contributed by atoms with Crippen molar-refractivity contribution < 1.29 is 9.53 Å². The molecule has 1 atom stereocenters. The summed E-state index contributed by atoms with van der Waals surface area (Å²) in [6.07, 6.45) is -0.620. The predicted octanol–water partition coefficient (Wildman–Crippen LogP) is 4.34. The largest absolute Gasteiger partial charge is 0.362 e. The summed E-state index contributed by atoms with van der Waals surface area (Å²) in [4.78, 5) is 15.3. The number of nitrogens with zero attached hydrogens (tertiary/aromatic N) is 1. The van der Waals surface area contributed by atoms with Crippen LogP contribution < -0.4 is 5.32 Å². The number of hydrogen-bond donors (Lipinski definition) is 1. The molecule has 1 unspecified atom stereocenters. The van der Waals surface area contributed by atoms with Crippen LogP contribution in [-0.4, -0.2) is 37.0 Å². The van der Waals surface area contributed by atoms with Gasteiger partial charge in [0.15, 0.2) is 6.10 Å². The summed E-state index contributed by atoms with van der Waals surface area (Å²) in [5.41, 5.74) is 3.84. The number of aryl methyl sites for hydroxylation is 2. The maximum Gasteiger partial charge on any atom is 0.258 e. The number of amides is 1. The fraction of sp³-hybridized carbons (Fsp3) is 0.409. The van der Waals surface area contributed by atoms with Crippen LogP contribution in [0.2, 0.25) is 0 Å². The summed E-state index contributed by atoms with van der Waals surface area (Å²) in [6, 6.07) is 15.7. The Balaban J connectivity index is 2.14. The average molecular weight is 354 g/mol. The second kappa shape index (κ2) is 10.1. The Hall–Kier alpha value is -2.17. The minimum Gasteiger partial charge on any atom is -0.362 e. The van der Waals surface area contributed by atoms with Gasteiger partial charge in [0.2, 0.25) is 0 Å². The van der Waals surface area contributed by atoms with Gasteiger partial charge in [-0.25, -0.2) is 0 Å². The van der Waals surface area contributed by atoms with E-state index in [1.165, 1.54) is 0 Å². The van der Waals surface area contributed by atoms with Gasteiger partial charge in [-0.2, -0.15) is 0 Å². The molecule has 2 aromatic carbocycles. The Morgan fingerprint density at radius 3 is 2.19 bits per heavy atom. The summed E-state index contributed by atoms with van der Waals surface area (Å²) in [6.45, 7) is 11.5. The molecule has 0 radical (unpaired) electrons. The van der Waals surface area contributed by atoms with Gasteiger partial charge in [-0.05, 0) is 43.6 Å². The number of benzene rings is 2. The van der Waals surface area contributed by atoms with E-state index in [4.69, 9.17) is 4.74 Å². The first kappa shape index (κ1) is 20.1. The van der Waals surface area contributed by atoms with Gasteiger partial charge in [-0.3, -0.25) is 4.79 Å². The van der Waals surface area contributed by atoms with Gasteiger partial charge in [0, 0.05) is 12.2 Å². The molecule has 140 valence electrons. The smallest absolute Gasteiger partial charge is 0.258 e. The van der Waals surface area contributed by atoms with Crippen LogP contribution in [0.5, 0.6) is 0 Å². The van der Waals surface area contributed by atoms with Crippen LogP contribution in [0, 0.1) is 13.8 Å². The third-order valence-corrected chi connectivity index (χ3v) is 4.66. The highest BCUT2D eigenvalue weighted by molar-refractivity contribution is 5.96. The standard InChI is InChI=1S/C22H30N2O2/c1-5-24(6-2)15-16-26-21(19-13-8-7-9-14-19)22(25)23-20-17(3)11-10-12-18(20)4/h7-14,21H,5-6,15-16H2,1-4H3,(H,23,25). The number of carbonyl (C=O) groups excluding carboxylic acids is 1. The third kappa shape index (κ3) is 5.41. The summed E-state index contributed by atoms with van der Waals surface area (Å²) < 4.78 is 6.02. The van der Waals surface area contributed by atoms with Crippen molar-refractivity contribution in [3.8, 4) is 0 Å². The Labute approximate surface area is 157 Å². The van der Waals surface area contributed by atoms with Crippen molar-refractivity contribution in [3.05, 3.63) is 65.2 Å². The van der Waals surface area contributed by atoms with E-state index in [1.807, 2.05) is 62.4 Å². The fourth-order valence-electron chi connectivity index (χ4n) is 2.99. The van der Waals surface area contributed by atoms with E-state index in [-0.39, 0.29) is 5.91 Å². The monoisotopic (exact) mass is 354 g/mol. The van der Waals surface area contributed by atoms with Crippen LogP contribution in [0.15, 0.2) is 48.5 Å². The molecule has 0 heterocycles.